The third-order valence-electron chi connectivity index (χ3n) is 10.5. The predicted octanol–water partition coefficient (Wildman–Crippen LogP) is 10.7. The summed E-state index contributed by atoms with van der Waals surface area (Å²) in [5, 5.41) is 22.6. The molecule has 5 rings (SSSR count). The van der Waals surface area contributed by atoms with E-state index in [2.05, 4.69) is 0 Å². The number of rotatable bonds is 23. The molecule has 0 heterocycles. The molecule has 0 aromatic heterocycles. The second kappa shape index (κ2) is 23.7. The average molecular weight is 1030 g/mol. The molecule has 0 aliphatic rings. The molecular formula is C51H44F10N2O10. The van der Waals surface area contributed by atoms with Gasteiger partial charge in [0.15, 0.2) is 5.78 Å². The zero-order valence-electron chi connectivity index (χ0n) is 37.9. The van der Waals surface area contributed by atoms with Crippen LogP contribution in [0.4, 0.5) is 55.3 Å². The van der Waals surface area contributed by atoms with E-state index >= 15 is 0 Å². The third-order valence-corrected chi connectivity index (χ3v) is 10.5. The van der Waals surface area contributed by atoms with Gasteiger partial charge < -0.3 is 40.6 Å². The number of aliphatic hydroxyl groups is 2. The summed E-state index contributed by atoms with van der Waals surface area (Å²) in [7, 11) is 0. The Morgan fingerprint density at radius 3 is 1.27 bits per heavy atom. The van der Waals surface area contributed by atoms with Crippen LogP contribution in [0.1, 0.15) is 75.4 Å². The highest BCUT2D eigenvalue weighted by Gasteiger charge is 2.57. The molecule has 0 bridgehead atoms. The number of hydrogen-bond acceptors (Lipinski definition) is 12. The Labute approximate surface area is 409 Å². The largest absolute Gasteiger partial charge is 0.494 e. The summed E-state index contributed by atoms with van der Waals surface area (Å²) in [4.78, 5) is 52.2. The van der Waals surface area contributed by atoms with Crippen LogP contribution >= 0.6 is 0 Å². The van der Waals surface area contributed by atoms with Gasteiger partial charge in [-0.3, -0.25) is 9.59 Å². The van der Waals surface area contributed by atoms with E-state index < -0.39 is 105 Å². The van der Waals surface area contributed by atoms with Crippen molar-refractivity contribution in [2.45, 2.75) is 68.0 Å². The first kappa shape index (κ1) is 56.2. The standard InChI is InChI=1S/C51H44F10N2O10/c52-47(53,50(56,57)58)23-1-25-70-39-18-9-33(10-19-39)45(66)72-41-14-4-31(5-15-41)3-13-38(64)30-43(35-27-36(62)29-37(63)28-35)49(68,69)44(65)22-8-32-6-16-42(17-7-32)73-46(67)34-11-20-40(21-12-34)71-26-2-24-48(54,55)51(59,60)61/h3-22,27-29,43,68-69H,1-2,23-26,30,62-63H2. The van der Waals surface area contributed by atoms with Gasteiger partial charge in [0.2, 0.25) is 11.6 Å². The van der Waals surface area contributed by atoms with Crippen LogP contribution in [0.3, 0.4) is 0 Å². The lowest BCUT2D eigenvalue weighted by Crippen LogP contribution is -2.44. The fraction of sp³-hybridized carbons (Fsp3) is 0.255. The van der Waals surface area contributed by atoms with E-state index in [0.29, 0.717) is 11.1 Å². The van der Waals surface area contributed by atoms with E-state index in [-0.39, 0.29) is 51.1 Å². The fourth-order valence-corrected chi connectivity index (χ4v) is 6.57. The molecule has 1 atom stereocenters. The molecule has 0 amide bonds. The van der Waals surface area contributed by atoms with Gasteiger partial charge in [0, 0.05) is 30.6 Å². The first-order chi connectivity index (χ1) is 34.1. The number of esters is 2. The van der Waals surface area contributed by atoms with E-state index in [9.17, 15) is 73.3 Å². The van der Waals surface area contributed by atoms with Crippen LogP contribution in [0.5, 0.6) is 23.0 Å². The van der Waals surface area contributed by atoms with Crippen LogP contribution in [0.15, 0.2) is 127 Å². The fourth-order valence-electron chi connectivity index (χ4n) is 6.57. The second-order valence-electron chi connectivity index (χ2n) is 16.2. The highest BCUT2D eigenvalue weighted by atomic mass is 19.4. The molecule has 0 aliphatic heterocycles. The van der Waals surface area contributed by atoms with Gasteiger partial charge in [0.05, 0.1) is 30.3 Å². The van der Waals surface area contributed by atoms with Crippen molar-refractivity contribution < 1.29 is 92.2 Å². The number of carbonyl (C=O) groups excluding carboxylic acids is 4. The maximum atomic E-state index is 13.4. The first-order valence-corrected chi connectivity index (χ1v) is 21.7. The molecule has 12 nitrogen and oxygen atoms in total. The second-order valence-corrected chi connectivity index (χ2v) is 16.2. The molecular weight excluding hydrogens is 991 g/mol. The summed E-state index contributed by atoms with van der Waals surface area (Å²) in [6, 6.07) is 25.7. The lowest BCUT2D eigenvalue weighted by Gasteiger charge is -2.29. The van der Waals surface area contributed by atoms with Gasteiger partial charge in [0.25, 0.3) is 0 Å². The van der Waals surface area contributed by atoms with Crippen molar-refractivity contribution in [1.29, 1.82) is 0 Å². The van der Waals surface area contributed by atoms with Gasteiger partial charge in [-0.1, -0.05) is 36.4 Å². The van der Waals surface area contributed by atoms with E-state index in [1.165, 1.54) is 127 Å². The van der Waals surface area contributed by atoms with Crippen LogP contribution < -0.4 is 30.4 Å². The van der Waals surface area contributed by atoms with Crippen molar-refractivity contribution in [3.63, 3.8) is 0 Å². The lowest BCUT2D eigenvalue weighted by molar-refractivity contribution is -0.284. The Balaban J connectivity index is 1.14. The van der Waals surface area contributed by atoms with Gasteiger partial charge in [-0.15, -0.1) is 0 Å². The molecule has 5 aromatic rings. The van der Waals surface area contributed by atoms with Crippen LogP contribution in [-0.4, -0.2) is 76.9 Å². The minimum atomic E-state index is -5.67. The molecule has 0 fully saturated rings. The zero-order valence-corrected chi connectivity index (χ0v) is 37.9. The lowest BCUT2D eigenvalue weighted by atomic mass is 9.83. The van der Waals surface area contributed by atoms with Crippen LogP contribution in [0.25, 0.3) is 12.2 Å². The maximum absolute atomic E-state index is 13.4. The number of nitrogens with two attached hydrogens (primary N) is 2. The van der Waals surface area contributed by atoms with Crippen LogP contribution in [-0.2, 0) is 9.59 Å². The number of carbonyl (C=O) groups is 4. The number of ketones is 2. The molecule has 5 aromatic carbocycles. The van der Waals surface area contributed by atoms with E-state index in [0.717, 1.165) is 12.2 Å². The summed E-state index contributed by atoms with van der Waals surface area (Å²) in [5.74, 6) is -17.7. The number of anilines is 2. The quantitative estimate of drug-likeness (QED) is 0.00920. The molecule has 0 spiro atoms. The van der Waals surface area contributed by atoms with Crippen LogP contribution in [0.2, 0.25) is 0 Å². The Morgan fingerprint density at radius 2 is 0.890 bits per heavy atom. The molecule has 0 aliphatic carbocycles. The number of hydrogen-bond donors (Lipinski definition) is 4. The number of benzene rings is 5. The van der Waals surface area contributed by atoms with E-state index in [1.807, 2.05) is 0 Å². The minimum absolute atomic E-state index is 0.0398. The third kappa shape index (κ3) is 16.1. The van der Waals surface area contributed by atoms with E-state index in [4.69, 9.17) is 30.4 Å². The summed E-state index contributed by atoms with van der Waals surface area (Å²) in [6.45, 7) is -0.866. The van der Waals surface area contributed by atoms with Gasteiger partial charge >= 0.3 is 36.1 Å². The van der Waals surface area contributed by atoms with Crippen molar-refractivity contribution >= 4 is 47.0 Å². The van der Waals surface area contributed by atoms with Gasteiger partial charge in [0.1, 0.15) is 23.0 Å². The zero-order chi connectivity index (χ0) is 53.8. The molecule has 6 N–H and O–H groups in total. The SMILES string of the molecule is Nc1cc(N)cc(C(CC(=O)C=Cc2ccc(OC(=O)c3ccc(OCCCC(F)(F)C(F)(F)F)cc3)cc2)C(O)(O)C(=O)C=Cc2ccc(OC(=O)c3ccc(OCCCC(F)(F)C(F)(F)F)cc3)cc2)c1. The van der Waals surface area contributed by atoms with E-state index in [1.54, 1.807) is 0 Å². The smallest absolute Gasteiger partial charge is 0.453 e. The van der Waals surface area contributed by atoms with Gasteiger partial charge in [-0.05, 0) is 133 Å². The highest BCUT2D eigenvalue weighted by molar-refractivity contribution is 6.01. The highest BCUT2D eigenvalue weighted by Crippen LogP contribution is 2.40. The maximum Gasteiger partial charge on any atom is 0.453 e. The minimum Gasteiger partial charge on any atom is -0.494 e. The van der Waals surface area contributed by atoms with Crippen molar-refractivity contribution in [2.75, 3.05) is 24.7 Å². The molecule has 22 heteroatoms. The Hall–Kier alpha value is -7.72. The first-order valence-electron chi connectivity index (χ1n) is 21.7. The molecule has 0 radical (unpaired) electrons. The van der Waals surface area contributed by atoms with Crippen molar-refractivity contribution in [1.82, 2.24) is 0 Å². The number of nitrogen functional groups attached to an aromatic ring is 2. The number of halogens is 10. The summed E-state index contributed by atoms with van der Waals surface area (Å²) in [6.07, 6.45) is -11.5. The average Bonchev–Trinajstić information content (AvgIpc) is 3.32. The molecule has 0 saturated heterocycles. The topological polar surface area (TPSA) is 198 Å². The summed E-state index contributed by atoms with van der Waals surface area (Å²) >= 11 is 0. The molecule has 73 heavy (non-hydrogen) atoms. The van der Waals surface area contributed by atoms with Gasteiger partial charge in [-0.2, -0.15) is 43.9 Å². The Bertz CT molecular complexity index is 2740. The van der Waals surface area contributed by atoms with Crippen molar-refractivity contribution in [3.05, 3.63) is 155 Å². The molecule has 388 valence electrons. The van der Waals surface area contributed by atoms with Crippen molar-refractivity contribution in [3.8, 4) is 23.0 Å². The molecule has 1 unspecified atom stereocenters. The number of ether oxygens (including phenoxy) is 4. The van der Waals surface area contributed by atoms with Crippen LogP contribution in [0, 0.1) is 0 Å². The number of alkyl halides is 10. The Kier molecular flexibility index (Phi) is 18.2. The predicted molar refractivity (Wildman–Crippen MR) is 245 cm³/mol. The normalized spacial score (nSPS) is 12.9. The summed E-state index contributed by atoms with van der Waals surface area (Å²) < 4.78 is 148. The molecule has 0 saturated carbocycles. The van der Waals surface area contributed by atoms with Crippen molar-refractivity contribution in [2.24, 2.45) is 0 Å². The van der Waals surface area contributed by atoms with Gasteiger partial charge in [-0.25, -0.2) is 9.59 Å². The Morgan fingerprint density at radius 1 is 0.521 bits per heavy atom. The number of allylic oxidation sites excluding steroid dienone is 1. The monoisotopic (exact) mass is 1030 g/mol. The summed E-state index contributed by atoms with van der Waals surface area (Å²) in [5.41, 5.74) is 13.0.